The first-order valence-corrected chi connectivity index (χ1v) is 14.7. The summed E-state index contributed by atoms with van der Waals surface area (Å²) in [5.41, 5.74) is 2.04. The predicted octanol–water partition coefficient (Wildman–Crippen LogP) is 4.93. The molecule has 0 saturated heterocycles. The first-order valence-electron chi connectivity index (χ1n) is 14.7. The maximum absolute atomic E-state index is 13.7. The van der Waals surface area contributed by atoms with E-state index < -0.39 is 41.9 Å². The first-order chi connectivity index (χ1) is 19.5. The van der Waals surface area contributed by atoms with Crippen molar-refractivity contribution in [2.45, 2.75) is 83.8 Å². The van der Waals surface area contributed by atoms with Crippen LogP contribution in [0.2, 0.25) is 0 Å². The van der Waals surface area contributed by atoms with Crippen LogP contribution >= 0.6 is 0 Å². The molecular weight excluding hydrogens is 520 g/mol. The molecule has 2 aromatic carbocycles. The van der Waals surface area contributed by atoms with Crippen LogP contribution in [0, 0.1) is 17.8 Å². The third-order valence-electron chi connectivity index (χ3n) is 8.04. The number of para-hydroxylation sites is 1. The van der Waals surface area contributed by atoms with Gasteiger partial charge in [0, 0.05) is 5.69 Å². The second-order valence-corrected chi connectivity index (χ2v) is 12.4. The van der Waals surface area contributed by atoms with Crippen LogP contribution in [0.4, 0.5) is 5.69 Å². The number of nitrogens with zero attached hydrogens (tertiary/aromatic N) is 1. The molecule has 2 N–H and O–H groups in total. The minimum Gasteiger partial charge on any atom is -0.480 e. The number of carbonyl (C=O) groups excluding carboxylic acids is 3. The molecule has 41 heavy (non-hydrogen) atoms. The van der Waals surface area contributed by atoms with Crippen molar-refractivity contribution in [2.75, 3.05) is 11.4 Å². The Bertz CT molecular complexity index is 1240. The first kappa shape index (κ1) is 30.3. The van der Waals surface area contributed by atoms with Gasteiger partial charge >= 0.3 is 11.9 Å². The summed E-state index contributed by atoms with van der Waals surface area (Å²) >= 11 is 0. The third kappa shape index (κ3) is 8.18. The smallest absolute Gasteiger partial charge is 0.323 e. The number of hydrogen-bond donors (Lipinski definition) is 2. The van der Waals surface area contributed by atoms with E-state index in [1.807, 2.05) is 51.1 Å². The Balaban J connectivity index is 1.44. The van der Waals surface area contributed by atoms with Gasteiger partial charge in [0.1, 0.15) is 18.2 Å². The van der Waals surface area contributed by atoms with E-state index in [2.05, 4.69) is 17.4 Å². The standard InChI is InChI=1S/C33H42N2O6/c1-33(2,3)41-32(40)26-20-23(14-8-7-13-22-11-5-4-6-12-22)19-25(26)30(38)34-27-18-17-24-15-9-10-16-28(24)35(31(27)39)21-29(36)37/h4-6,9-12,15-16,23,25-27H,7-8,13-14,17-21H2,1-3H3,(H,34,38)(H,36,37)/t23?,25?,26?,27-/m1/s1. The molecule has 4 rings (SSSR count). The fraction of sp³-hybridized carbons (Fsp3) is 0.515. The lowest BCUT2D eigenvalue weighted by Gasteiger charge is -2.27. The molecule has 0 spiro atoms. The lowest BCUT2D eigenvalue weighted by Crippen LogP contribution is -2.51. The van der Waals surface area contributed by atoms with Crippen molar-refractivity contribution in [3.8, 4) is 0 Å². The lowest BCUT2D eigenvalue weighted by atomic mass is 9.94. The molecule has 1 saturated carbocycles. The van der Waals surface area contributed by atoms with Crippen molar-refractivity contribution in [1.82, 2.24) is 5.32 Å². The summed E-state index contributed by atoms with van der Waals surface area (Å²) in [6, 6.07) is 16.7. The van der Waals surface area contributed by atoms with Crippen molar-refractivity contribution in [2.24, 2.45) is 17.8 Å². The summed E-state index contributed by atoms with van der Waals surface area (Å²) in [7, 11) is 0. The van der Waals surface area contributed by atoms with Gasteiger partial charge in [0.2, 0.25) is 11.8 Å². The highest BCUT2D eigenvalue weighted by Gasteiger charge is 2.45. The number of carboxylic acids is 1. The third-order valence-corrected chi connectivity index (χ3v) is 8.04. The van der Waals surface area contributed by atoms with E-state index in [0.29, 0.717) is 31.4 Å². The minimum atomic E-state index is -1.13. The molecule has 3 unspecified atom stereocenters. The molecule has 0 bridgehead atoms. The van der Waals surface area contributed by atoms with E-state index in [1.54, 1.807) is 12.1 Å². The number of carboxylic acid groups (broad SMARTS) is 1. The number of anilines is 1. The van der Waals surface area contributed by atoms with Crippen molar-refractivity contribution < 1.29 is 29.0 Å². The molecule has 1 aliphatic heterocycles. The molecule has 0 radical (unpaired) electrons. The van der Waals surface area contributed by atoms with Crippen molar-refractivity contribution in [3.63, 3.8) is 0 Å². The Morgan fingerprint density at radius 2 is 1.66 bits per heavy atom. The van der Waals surface area contributed by atoms with Gasteiger partial charge in [0.25, 0.3) is 0 Å². The van der Waals surface area contributed by atoms with Gasteiger partial charge in [-0.25, -0.2) is 0 Å². The fourth-order valence-electron chi connectivity index (χ4n) is 6.14. The zero-order valence-electron chi connectivity index (χ0n) is 24.3. The van der Waals surface area contributed by atoms with Crippen LogP contribution in [0.25, 0.3) is 0 Å². The molecule has 8 heteroatoms. The van der Waals surface area contributed by atoms with Crippen LogP contribution in [0.3, 0.4) is 0 Å². The van der Waals surface area contributed by atoms with Gasteiger partial charge in [-0.2, -0.15) is 0 Å². The molecule has 2 amide bonds. The molecule has 2 aromatic rings. The number of aryl methyl sites for hydroxylation is 2. The summed E-state index contributed by atoms with van der Waals surface area (Å²) in [4.78, 5) is 53.3. The highest BCUT2D eigenvalue weighted by Crippen LogP contribution is 2.41. The number of carbonyl (C=O) groups is 4. The quantitative estimate of drug-likeness (QED) is 0.314. The number of esters is 1. The van der Waals surface area contributed by atoms with Crippen LogP contribution < -0.4 is 10.2 Å². The average Bonchev–Trinajstić information content (AvgIpc) is 3.31. The number of amides is 2. The van der Waals surface area contributed by atoms with Gasteiger partial charge in [0.05, 0.1) is 11.8 Å². The number of unbranched alkanes of at least 4 members (excludes halogenated alkanes) is 1. The fourth-order valence-corrected chi connectivity index (χ4v) is 6.14. The van der Waals surface area contributed by atoms with Crippen molar-refractivity contribution in [1.29, 1.82) is 0 Å². The van der Waals surface area contributed by atoms with E-state index >= 15 is 0 Å². The Labute approximate surface area is 242 Å². The SMILES string of the molecule is CC(C)(C)OC(=O)C1CC(CCCCc2ccccc2)CC1C(=O)N[C@@H]1CCc2ccccc2N(CC(=O)O)C1=O. The van der Waals surface area contributed by atoms with Crippen LogP contribution in [-0.2, 0) is 36.8 Å². The number of aliphatic carboxylic acids is 1. The van der Waals surface area contributed by atoms with Crippen molar-refractivity contribution in [3.05, 3.63) is 65.7 Å². The molecule has 1 heterocycles. The number of fused-ring (bicyclic) bond motifs is 1. The molecular formula is C33H42N2O6. The van der Waals surface area contributed by atoms with Gasteiger partial charge in [0.15, 0.2) is 0 Å². The van der Waals surface area contributed by atoms with Crippen LogP contribution in [0.15, 0.2) is 54.6 Å². The Morgan fingerprint density at radius 1 is 0.976 bits per heavy atom. The molecule has 1 fully saturated rings. The Hall–Kier alpha value is -3.68. The molecule has 2 aliphatic rings. The lowest BCUT2D eigenvalue weighted by molar-refractivity contribution is -0.163. The van der Waals surface area contributed by atoms with Crippen LogP contribution in [0.5, 0.6) is 0 Å². The Kier molecular flexibility index (Phi) is 9.84. The van der Waals surface area contributed by atoms with Gasteiger partial charge in [-0.1, -0.05) is 61.4 Å². The van der Waals surface area contributed by atoms with E-state index in [-0.39, 0.29) is 17.8 Å². The Morgan fingerprint density at radius 3 is 2.37 bits per heavy atom. The van der Waals surface area contributed by atoms with Crippen molar-refractivity contribution >= 4 is 29.4 Å². The average molecular weight is 563 g/mol. The summed E-state index contributed by atoms with van der Waals surface area (Å²) in [6.45, 7) is 4.95. The van der Waals surface area contributed by atoms with Gasteiger partial charge < -0.3 is 15.2 Å². The highest BCUT2D eigenvalue weighted by atomic mass is 16.6. The predicted molar refractivity (Wildman–Crippen MR) is 156 cm³/mol. The molecule has 0 aromatic heterocycles. The summed E-state index contributed by atoms with van der Waals surface area (Å²) in [5, 5.41) is 12.4. The maximum atomic E-state index is 13.7. The summed E-state index contributed by atoms with van der Waals surface area (Å²) < 4.78 is 5.71. The summed E-state index contributed by atoms with van der Waals surface area (Å²) in [5.74, 6) is -3.27. The number of rotatable bonds is 10. The molecule has 4 atom stereocenters. The largest absolute Gasteiger partial charge is 0.480 e. The minimum absolute atomic E-state index is 0.205. The molecule has 8 nitrogen and oxygen atoms in total. The summed E-state index contributed by atoms with van der Waals surface area (Å²) in [6.07, 6.45) is 5.95. The van der Waals surface area contributed by atoms with E-state index in [4.69, 9.17) is 4.74 Å². The van der Waals surface area contributed by atoms with Gasteiger partial charge in [-0.15, -0.1) is 0 Å². The zero-order valence-corrected chi connectivity index (χ0v) is 24.3. The van der Waals surface area contributed by atoms with E-state index in [0.717, 1.165) is 31.2 Å². The second kappa shape index (κ2) is 13.3. The monoisotopic (exact) mass is 562 g/mol. The number of benzene rings is 2. The molecule has 1 aliphatic carbocycles. The van der Waals surface area contributed by atoms with Crippen LogP contribution in [0.1, 0.15) is 70.4 Å². The van der Waals surface area contributed by atoms with Crippen LogP contribution in [-0.4, -0.2) is 47.0 Å². The van der Waals surface area contributed by atoms with E-state index in [9.17, 15) is 24.3 Å². The number of ether oxygens (including phenoxy) is 1. The second-order valence-electron chi connectivity index (χ2n) is 12.4. The number of nitrogens with one attached hydrogen (secondary N) is 1. The normalized spacial score (nSPS) is 22.5. The van der Waals surface area contributed by atoms with Gasteiger partial charge in [-0.05, 0) is 82.4 Å². The topological polar surface area (TPSA) is 113 Å². The van der Waals surface area contributed by atoms with E-state index in [1.165, 1.54) is 10.5 Å². The maximum Gasteiger partial charge on any atom is 0.323 e. The van der Waals surface area contributed by atoms with Gasteiger partial charge in [-0.3, -0.25) is 24.1 Å². The molecule has 220 valence electrons. The highest BCUT2D eigenvalue weighted by molar-refractivity contribution is 6.03. The number of hydrogen-bond acceptors (Lipinski definition) is 5. The zero-order chi connectivity index (χ0) is 29.6.